The third-order valence-corrected chi connectivity index (χ3v) is 6.55. The summed E-state index contributed by atoms with van der Waals surface area (Å²) in [6.07, 6.45) is -0.0542. The van der Waals surface area contributed by atoms with Gasteiger partial charge in [0.05, 0.1) is 27.4 Å². The van der Waals surface area contributed by atoms with Gasteiger partial charge in [0, 0.05) is 15.5 Å². The molecule has 0 bridgehead atoms. The van der Waals surface area contributed by atoms with E-state index in [2.05, 4.69) is 5.16 Å². The van der Waals surface area contributed by atoms with Crippen molar-refractivity contribution in [3.05, 3.63) is 79.6 Å². The molecule has 0 aliphatic heterocycles. The Bertz CT molecular complexity index is 1120. The van der Waals surface area contributed by atoms with Gasteiger partial charge >= 0.3 is 5.97 Å². The predicted molar refractivity (Wildman–Crippen MR) is 133 cm³/mol. The lowest BCUT2D eigenvalue weighted by Gasteiger charge is -2.08. The number of nitrogens with zero attached hydrogens (tertiary/aromatic N) is 1. The second-order valence-corrected chi connectivity index (χ2v) is 9.48. The lowest BCUT2D eigenvalue weighted by Crippen LogP contribution is -2.13. The molecule has 168 valence electrons. The zero-order valence-electron chi connectivity index (χ0n) is 17.8. The fourth-order valence-electron chi connectivity index (χ4n) is 2.99. The molecule has 4 nitrogen and oxygen atoms in total. The normalized spacial score (nSPS) is 11.7. The minimum atomic E-state index is -0.294. The first-order valence-corrected chi connectivity index (χ1v) is 12.0. The summed E-state index contributed by atoms with van der Waals surface area (Å²) in [6, 6.07) is 14.7. The van der Waals surface area contributed by atoms with E-state index in [0.29, 0.717) is 27.4 Å². The van der Waals surface area contributed by atoms with Crippen molar-refractivity contribution in [1.29, 1.82) is 0 Å². The van der Waals surface area contributed by atoms with E-state index in [0.717, 1.165) is 26.4 Å². The van der Waals surface area contributed by atoms with Crippen LogP contribution in [0.3, 0.4) is 0 Å². The highest BCUT2D eigenvalue weighted by Crippen LogP contribution is 2.36. The molecule has 3 rings (SSSR count). The molecule has 0 atom stereocenters. The average molecular weight is 511 g/mol. The molecule has 8 heteroatoms. The maximum absolute atomic E-state index is 12.4. The lowest BCUT2D eigenvalue weighted by molar-refractivity contribution is -0.146. The van der Waals surface area contributed by atoms with Crippen molar-refractivity contribution in [2.24, 2.45) is 5.16 Å². The predicted octanol–water partition coefficient (Wildman–Crippen LogP) is 7.66. The Hall–Kier alpha value is -2.05. The van der Waals surface area contributed by atoms with Crippen LogP contribution in [0.25, 0.3) is 10.4 Å². The minimum absolute atomic E-state index is 0.135. The molecule has 0 N–H and O–H groups in total. The molecule has 1 aromatic heterocycles. The van der Waals surface area contributed by atoms with Crippen LogP contribution in [0.4, 0.5) is 0 Å². The summed E-state index contributed by atoms with van der Waals surface area (Å²) in [4.78, 5) is 19.6. The van der Waals surface area contributed by atoms with Crippen molar-refractivity contribution >= 4 is 57.8 Å². The van der Waals surface area contributed by atoms with Crippen molar-refractivity contribution in [3.63, 3.8) is 0 Å². The van der Waals surface area contributed by atoms with E-state index >= 15 is 0 Å². The first-order valence-electron chi connectivity index (χ1n) is 10.0. The van der Waals surface area contributed by atoms with Crippen molar-refractivity contribution < 1.29 is 14.4 Å². The van der Waals surface area contributed by atoms with Crippen LogP contribution in [-0.2, 0) is 20.8 Å². The number of carbonyl (C=O) groups excluding carboxylic acids is 1. The number of rotatable bonds is 8. The number of benzene rings is 2. The van der Waals surface area contributed by atoms with Gasteiger partial charge in [-0.2, -0.15) is 0 Å². The zero-order chi connectivity index (χ0) is 23.3. The van der Waals surface area contributed by atoms with Crippen molar-refractivity contribution in [1.82, 2.24) is 0 Å². The molecule has 0 aliphatic carbocycles. The van der Waals surface area contributed by atoms with Gasteiger partial charge in [0.15, 0.2) is 0 Å². The van der Waals surface area contributed by atoms with Gasteiger partial charge in [-0.05, 0) is 62.2 Å². The van der Waals surface area contributed by atoms with Gasteiger partial charge in [-0.1, -0.05) is 58.2 Å². The Morgan fingerprint density at radius 2 is 1.75 bits per heavy atom. The molecule has 0 saturated heterocycles. The molecule has 3 aromatic rings. The van der Waals surface area contributed by atoms with Crippen LogP contribution >= 0.6 is 46.1 Å². The quantitative estimate of drug-likeness (QED) is 0.177. The maximum atomic E-state index is 12.4. The summed E-state index contributed by atoms with van der Waals surface area (Å²) < 4.78 is 5.37. The number of oxime groups is 1. The highest BCUT2D eigenvalue weighted by molar-refractivity contribution is 7.17. The number of carbonyl (C=O) groups is 1. The minimum Gasteiger partial charge on any atom is -0.463 e. The van der Waals surface area contributed by atoms with E-state index in [-0.39, 0.29) is 18.5 Å². The van der Waals surface area contributed by atoms with Crippen molar-refractivity contribution in [2.45, 2.75) is 33.3 Å². The van der Waals surface area contributed by atoms with Gasteiger partial charge in [-0.15, -0.1) is 11.3 Å². The molecule has 0 radical (unpaired) electrons. The fraction of sp³-hybridized carbons (Fsp3) is 0.250. The first-order chi connectivity index (χ1) is 15.3. The number of thiophene rings is 1. The third kappa shape index (κ3) is 6.26. The van der Waals surface area contributed by atoms with Gasteiger partial charge in [0.25, 0.3) is 0 Å². The Morgan fingerprint density at radius 3 is 2.38 bits per heavy atom. The molecular weight excluding hydrogens is 489 g/mol. The Balaban J connectivity index is 2.10. The average Bonchev–Trinajstić information content (AvgIpc) is 3.14. The van der Waals surface area contributed by atoms with E-state index in [1.807, 2.05) is 57.2 Å². The summed E-state index contributed by atoms with van der Waals surface area (Å²) >= 11 is 19.9. The van der Waals surface area contributed by atoms with Crippen LogP contribution in [-0.4, -0.2) is 24.4 Å². The molecule has 0 unspecified atom stereocenters. The Labute approximate surface area is 206 Å². The number of ether oxygens (including phenoxy) is 1. The Kier molecular flexibility index (Phi) is 8.60. The van der Waals surface area contributed by atoms with Crippen LogP contribution in [0.1, 0.15) is 36.8 Å². The molecule has 0 saturated carbocycles. The number of esters is 1. The van der Waals surface area contributed by atoms with Crippen molar-refractivity contribution in [3.8, 4) is 10.4 Å². The largest absolute Gasteiger partial charge is 0.463 e. The van der Waals surface area contributed by atoms with Gasteiger partial charge in [0.1, 0.15) is 12.3 Å². The summed E-state index contributed by atoms with van der Waals surface area (Å²) in [7, 11) is 0. The molecule has 2 aromatic carbocycles. The maximum Gasteiger partial charge on any atom is 0.310 e. The monoisotopic (exact) mass is 509 g/mol. The highest BCUT2D eigenvalue weighted by Gasteiger charge is 2.20. The summed E-state index contributed by atoms with van der Waals surface area (Å²) in [5.74, 6) is -0.294. The van der Waals surface area contributed by atoms with E-state index in [1.54, 1.807) is 12.1 Å². The topological polar surface area (TPSA) is 47.9 Å². The number of hydrogen-bond acceptors (Lipinski definition) is 5. The standard InChI is InChI=1S/C24H22Cl3NO3S/c1-4-30-28-23(16-7-10-19(26)20(27)11-16)21-12-17(13-22(29)31-14(2)3)24(32-21)15-5-8-18(25)9-6-15/h5-12,14H,4,13H2,1-3H3. The van der Waals surface area contributed by atoms with E-state index in [4.69, 9.17) is 44.4 Å². The number of hydrogen-bond donors (Lipinski definition) is 0. The number of halogens is 3. The van der Waals surface area contributed by atoms with Crippen LogP contribution in [0.5, 0.6) is 0 Å². The van der Waals surface area contributed by atoms with Crippen LogP contribution in [0.15, 0.2) is 53.7 Å². The third-order valence-electron chi connectivity index (χ3n) is 4.33. The summed E-state index contributed by atoms with van der Waals surface area (Å²) in [6.45, 7) is 5.92. The molecule has 32 heavy (non-hydrogen) atoms. The molecule has 1 heterocycles. The Morgan fingerprint density at radius 1 is 1.03 bits per heavy atom. The highest BCUT2D eigenvalue weighted by atomic mass is 35.5. The molecule has 0 amide bonds. The molecule has 0 fully saturated rings. The molecule has 0 aliphatic rings. The van der Waals surface area contributed by atoms with Gasteiger partial charge in [-0.3, -0.25) is 4.79 Å². The zero-order valence-corrected chi connectivity index (χ0v) is 20.9. The van der Waals surface area contributed by atoms with Crippen LogP contribution in [0, 0.1) is 0 Å². The second-order valence-electron chi connectivity index (χ2n) is 7.17. The summed E-state index contributed by atoms with van der Waals surface area (Å²) in [5.41, 5.74) is 3.15. The fourth-order valence-corrected chi connectivity index (χ4v) is 4.61. The van der Waals surface area contributed by atoms with Crippen molar-refractivity contribution in [2.75, 3.05) is 6.61 Å². The lowest BCUT2D eigenvalue weighted by atomic mass is 10.0. The second kappa shape index (κ2) is 11.2. The first kappa shape index (κ1) is 24.6. The van der Waals surface area contributed by atoms with E-state index < -0.39 is 0 Å². The molecular formula is C24H22Cl3NO3S. The van der Waals surface area contributed by atoms with Gasteiger partial charge < -0.3 is 9.57 Å². The van der Waals surface area contributed by atoms with Gasteiger partial charge in [-0.25, -0.2) is 0 Å². The van der Waals surface area contributed by atoms with Crippen LogP contribution in [0.2, 0.25) is 15.1 Å². The van der Waals surface area contributed by atoms with E-state index in [9.17, 15) is 4.79 Å². The van der Waals surface area contributed by atoms with Crippen LogP contribution < -0.4 is 0 Å². The van der Waals surface area contributed by atoms with Gasteiger partial charge in [0.2, 0.25) is 0 Å². The smallest absolute Gasteiger partial charge is 0.310 e. The van der Waals surface area contributed by atoms with E-state index in [1.165, 1.54) is 11.3 Å². The SMILES string of the molecule is CCON=C(c1ccc(Cl)c(Cl)c1)c1cc(CC(=O)OC(C)C)c(-c2ccc(Cl)cc2)s1. The summed E-state index contributed by atoms with van der Waals surface area (Å²) in [5, 5.41) is 5.85. The molecule has 0 spiro atoms.